The van der Waals surface area contributed by atoms with E-state index in [0.717, 1.165) is 12.8 Å². The van der Waals surface area contributed by atoms with Gasteiger partial charge in [0.2, 0.25) is 0 Å². The largest absolute Gasteiger partial charge is 0.307 e. The van der Waals surface area contributed by atoms with E-state index in [-0.39, 0.29) is 0 Å². The van der Waals surface area contributed by atoms with Gasteiger partial charge in [0.15, 0.2) is 6.19 Å². The van der Waals surface area contributed by atoms with E-state index in [1.165, 1.54) is 0 Å². The molecule has 0 bridgehead atoms. The highest BCUT2D eigenvalue weighted by molar-refractivity contribution is 4.92. The van der Waals surface area contributed by atoms with Crippen molar-refractivity contribution in [2.45, 2.75) is 25.3 Å². The summed E-state index contributed by atoms with van der Waals surface area (Å²) in [7, 11) is 0. The van der Waals surface area contributed by atoms with Crippen LogP contribution in [-0.2, 0) is 0 Å². The molecule has 1 aliphatic carbocycles. The Hall–Kier alpha value is -1.22. The Bertz CT molecular complexity index is 182. The highest BCUT2D eigenvalue weighted by Gasteiger charge is 2.27. The fourth-order valence-electron chi connectivity index (χ4n) is 0.871. The first-order chi connectivity index (χ1) is 4.88. The van der Waals surface area contributed by atoms with Crippen molar-refractivity contribution in [3.05, 3.63) is 0 Å². The molecule has 0 spiro atoms. The molecular formula is C7H9N3. The van der Waals surface area contributed by atoms with Crippen LogP contribution in [0.4, 0.5) is 0 Å². The van der Waals surface area contributed by atoms with Gasteiger partial charge in [0.1, 0.15) is 0 Å². The van der Waals surface area contributed by atoms with Crippen LogP contribution in [0.1, 0.15) is 19.3 Å². The summed E-state index contributed by atoms with van der Waals surface area (Å²) in [6, 6.07) is 2.48. The number of hydrogen-bond acceptors (Lipinski definition) is 3. The zero-order valence-corrected chi connectivity index (χ0v) is 5.75. The first-order valence-corrected chi connectivity index (χ1v) is 3.42. The molecule has 0 aromatic carbocycles. The Kier molecular flexibility index (Phi) is 2.12. The third kappa shape index (κ3) is 1.63. The van der Waals surface area contributed by atoms with Gasteiger partial charge in [0.05, 0.1) is 12.5 Å². The van der Waals surface area contributed by atoms with Crippen LogP contribution >= 0.6 is 0 Å². The Morgan fingerprint density at radius 1 is 1.40 bits per heavy atom. The highest BCUT2D eigenvalue weighted by atomic mass is 15.2. The second-order valence-corrected chi connectivity index (χ2v) is 2.43. The summed E-state index contributed by atoms with van der Waals surface area (Å²) >= 11 is 0. The lowest BCUT2D eigenvalue weighted by atomic mass is 10.4. The predicted octanol–water partition coefficient (Wildman–Crippen LogP) is 0.846. The molecule has 0 aromatic rings. The van der Waals surface area contributed by atoms with Crippen molar-refractivity contribution in [3.63, 3.8) is 0 Å². The summed E-state index contributed by atoms with van der Waals surface area (Å²) in [4.78, 5) is 1.70. The Labute approximate surface area is 60.5 Å². The van der Waals surface area contributed by atoms with Crippen molar-refractivity contribution in [2.75, 3.05) is 6.54 Å². The van der Waals surface area contributed by atoms with Gasteiger partial charge in [-0.25, -0.2) is 0 Å². The minimum absolute atomic E-state index is 0.457. The monoisotopic (exact) mass is 135 g/mol. The molecule has 1 aliphatic rings. The number of hydrogen-bond donors (Lipinski definition) is 0. The lowest BCUT2D eigenvalue weighted by Gasteiger charge is -2.10. The maximum absolute atomic E-state index is 8.53. The van der Waals surface area contributed by atoms with E-state index >= 15 is 0 Å². The average molecular weight is 135 g/mol. The van der Waals surface area contributed by atoms with Crippen molar-refractivity contribution in [1.82, 2.24) is 4.90 Å². The van der Waals surface area contributed by atoms with Gasteiger partial charge in [-0.15, -0.1) is 0 Å². The SMILES string of the molecule is N#CCCN(C#N)C1CC1. The molecule has 1 rings (SSSR count). The van der Waals surface area contributed by atoms with E-state index in [0.29, 0.717) is 19.0 Å². The van der Waals surface area contributed by atoms with Gasteiger partial charge in [-0.2, -0.15) is 10.5 Å². The van der Waals surface area contributed by atoms with Crippen LogP contribution in [0.25, 0.3) is 0 Å². The minimum atomic E-state index is 0.457. The molecule has 0 N–H and O–H groups in total. The van der Waals surface area contributed by atoms with Crippen molar-refractivity contribution >= 4 is 0 Å². The number of rotatable bonds is 3. The molecule has 0 radical (unpaired) electrons. The minimum Gasteiger partial charge on any atom is -0.307 e. The van der Waals surface area contributed by atoms with Crippen LogP contribution in [0.5, 0.6) is 0 Å². The van der Waals surface area contributed by atoms with Gasteiger partial charge in [0, 0.05) is 12.6 Å². The van der Waals surface area contributed by atoms with Gasteiger partial charge in [-0.1, -0.05) is 0 Å². The zero-order valence-electron chi connectivity index (χ0n) is 5.75. The topological polar surface area (TPSA) is 50.8 Å². The van der Waals surface area contributed by atoms with E-state index in [2.05, 4.69) is 6.19 Å². The fourth-order valence-corrected chi connectivity index (χ4v) is 0.871. The molecule has 1 fully saturated rings. The molecule has 0 aromatic heterocycles. The van der Waals surface area contributed by atoms with Gasteiger partial charge in [-0.05, 0) is 12.8 Å². The van der Waals surface area contributed by atoms with E-state index in [1.807, 2.05) is 6.07 Å². The van der Waals surface area contributed by atoms with Gasteiger partial charge >= 0.3 is 0 Å². The molecule has 0 amide bonds. The summed E-state index contributed by atoms with van der Waals surface area (Å²) in [6.45, 7) is 0.609. The van der Waals surface area contributed by atoms with Crippen molar-refractivity contribution in [3.8, 4) is 12.3 Å². The number of nitrogens with zero attached hydrogens (tertiary/aromatic N) is 3. The maximum Gasteiger partial charge on any atom is 0.179 e. The van der Waals surface area contributed by atoms with Gasteiger partial charge < -0.3 is 4.90 Å². The summed E-state index contributed by atoms with van der Waals surface area (Å²) in [5.74, 6) is 0. The molecule has 1 saturated carbocycles. The van der Waals surface area contributed by atoms with E-state index in [4.69, 9.17) is 10.5 Å². The molecule has 52 valence electrons. The summed E-state index contributed by atoms with van der Waals surface area (Å²) in [6.07, 6.45) is 4.79. The van der Waals surface area contributed by atoms with E-state index < -0.39 is 0 Å². The molecule has 3 nitrogen and oxygen atoms in total. The third-order valence-corrected chi connectivity index (χ3v) is 1.58. The van der Waals surface area contributed by atoms with Gasteiger partial charge in [-0.3, -0.25) is 0 Å². The van der Waals surface area contributed by atoms with Crippen molar-refractivity contribution < 1.29 is 0 Å². The average Bonchev–Trinajstić information content (AvgIpc) is 2.73. The summed E-state index contributed by atoms with van der Waals surface area (Å²) in [5.41, 5.74) is 0. The van der Waals surface area contributed by atoms with Crippen LogP contribution in [0.2, 0.25) is 0 Å². The molecule has 0 unspecified atom stereocenters. The molecule has 3 heteroatoms. The molecule has 10 heavy (non-hydrogen) atoms. The first-order valence-electron chi connectivity index (χ1n) is 3.42. The number of nitriles is 2. The molecule has 0 atom stereocenters. The lowest BCUT2D eigenvalue weighted by molar-refractivity contribution is 0.391. The fraction of sp³-hybridized carbons (Fsp3) is 0.714. The zero-order chi connectivity index (χ0) is 7.40. The first kappa shape index (κ1) is 6.89. The summed E-state index contributed by atoms with van der Waals surface area (Å²) < 4.78 is 0. The van der Waals surface area contributed by atoms with E-state index in [9.17, 15) is 0 Å². The van der Waals surface area contributed by atoms with Gasteiger partial charge in [0.25, 0.3) is 0 Å². The Balaban J connectivity index is 2.22. The summed E-state index contributed by atoms with van der Waals surface area (Å²) in [5, 5.41) is 16.8. The van der Waals surface area contributed by atoms with Crippen molar-refractivity contribution in [1.29, 1.82) is 10.5 Å². The Morgan fingerprint density at radius 3 is 2.50 bits per heavy atom. The van der Waals surface area contributed by atoms with Crippen LogP contribution in [-0.4, -0.2) is 17.5 Å². The quantitative estimate of drug-likeness (QED) is 0.425. The van der Waals surface area contributed by atoms with Crippen LogP contribution in [0.15, 0.2) is 0 Å². The lowest BCUT2D eigenvalue weighted by Crippen LogP contribution is -2.20. The van der Waals surface area contributed by atoms with Crippen LogP contribution in [0, 0.1) is 22.8 Å². The molecule has 0 aliphatic heterocycles. The van der Waals surface area contributed by atoms with Crippen LogP contribution in [0.3, 0.4) is 0 Å². The molecule has 0 heterocycles. The second kappa shape index (κ2) is 3.08. The van der Waals surface area contributed by atoms with Crippen molar-refractivity contribution in [2.24, 2.45) is 0 Å². The third-order valence-electron chi connectivity index (χ3n) is 1.58. The second-order valence-electron chi connectivity index (χ2n) is 2.43. The normalized spacial score (nSPS) is 15.4. The van der Waals surface area contributed by atoms with E-state index in [1.54, 1.807) is 4.90 Å². The maximum atomic E-state index is 8.53. The smallest absolute Gasteiger partial charge is 0.179 e. The standard InChI is InChI=1S/C7H9N3/c8-4-1-5-10(6-9)7-2-3-7/h7H,1-3,5H2. The molecular weight excluding hydrogens is 126 g/mol. The van der Waals surface area contributed by atoms with Crippen LogP contribution < -0.4 is 0 Å². The molecule has 0 saturated heterocycles. The predicted molar refractivity (Wildman–Crippen MR) is 35.6 cm³/mol. The Morgan fingerprint density at radius 2 is 2.10 bits per heavy atom. The highest BCUT2D eigenvalue weighted by Crippen LogP contribution is 2.25.